The van der Waals surface area contributed by atoms with Gasteiger partial charge in [0.2, 0.25) is 0 Å². The minimum atomic E-state index is 0.223. The summed E-state index contributed by atoms with van der Waals surface area (Å²) in [5.74, 6) is 2.23. The summed E-state index contributed by atoms with van der Waals surface area (Å²) in [6.45, 7) is 0. The number of H-pyrrole nitrogens is 2. The summed E-state index contributed by atoms with van der Waals surface area (Å²) < 4.78 is 0. The van der Waals surface area contributed by atoms with Crippen molar-refractivity contribution in [2.45, 2.75) is 5.88 Å². The second-order valence-electron chi connectivity index (χ2n) is 10.5. The van der Waals surface area contributed by atoms with Gasteiger partial charge in [0, 0.05) is 49.7 Å². The van der Waals surface area contributed by atoms with Crippen LogP contribution in [-0.2, 0) is 5.88 Å². The topological polar surface area (TPSA) is 133 Å². The van der Waals surface area contributed by atoms with Crippen LogP contribution in [0.15, 0.2) is 84.9 Å². The molecule has 9 nitrogen and oxygen atoms in total. The second kappa shape index (κ2) is 9.26. The molecular formula is C34H18ClN9. The standard InChI is InChI=1S/C34H18ClN9/c35-15-17-13-14-18(16-36)26-25(17)33-42-31-23-11-5-3-9-21(23)29(40-31)38-27-19-7-1-2-8-20(19)28(37-27)39-30-22-10-4-6-12-24(22)32(41-30)43-34(26)44-33/h1-14H,15H2,(H2,37,38,39,40,41,42,43,44). The fourth-order valence-electron chi connectivity index (χ4n) is 6.04. The molecule has 3 aromatic heterocycles. The van der Waals surface area contributed by atoms with E-state index in [9.17, 15) is 5.26 Å². The second-order valence-corrected chi connectivity index (χ2v) is 10.8. The van der Waals surface area contributed by atoms with E-state index in [1.54, 1.807) is 6.07 Å². The number of hydrogen-bond donors (Lipinski definition) is 2. The molecule has 8 bridgehead atoms. The summed E-state index contributed by atoms with van der Waals surface area (Å²) in [5, 5.41) is 13.3. The first-order valence-corrected chi connectivity index (χ1v) is 14.5. The van der Waals surface area contributed by atoms with Crippen LogP contribution in [0, 0.1) is 11.3 Å². The van der Waals surface area contributed by atoms with Gasteiger partial charge in [-0.25, -0.2) is 29.9 Å². The number of nitrogens with zero attached hydrogens (tertiary/aromatic N) is 7. The largest absolute Gasteiger partial charge is 0.324 e. The SMILES string of the molecule is N#Cc1ccc(CCl)c2c3nc4nc(nc5[nH]c(nc6nc(nc([nH]3)c12)-c1ccccc1-6)c1ccccc51)-c1ccccc1-4. The third-order valence-electron chi connectivity index (χ3n) is 8.05. The fourth-order valence-corrected chi connectivity index (χ4v) is 6.27. The van der Waals surface area contributed by atoms with Crippen LogP contribution in [0.2, 0.25) is 0 Å². The fraction of sp³-hybridized carbons (Fsp3) is 0.0294. The Kier molecular flexibility index (Phi) is 5.18. The molecule has 7 aromatic rings. The molecule has 0 amide bonds. The lowest BCUT2D eigenvalue weighted by Gasteiger charge is -2.01. The summed E-state index contributed by atoms with van der Waals surface area (Å²) in [6.07, 6.45) is 0. The van der Waals surface area contributed by atoms with E-state index in [0.717, 1.165) is 38.6 Å². The van der Waals surface area contributed by atoms with Crippen molar-refractivity contribution in [3.63, 3.8) is 0 Å². The third-order valence-corrected chi connectivity index (χ3v) is 8.34. The van der Waals surface area contributed by atoms with Crippen LogP contribution in [0.5, 0.6) is 0 Å². The number of rotatable bonds is 1. The maximum atomic E-state index is 10.1. The van der Waals surface area contributed by atoms with Crippen LogP contribution in [0.3, 0.4) is 0 Å². The van der Waals surface area contributed by atoms with Crippen LogP contribution in [0.1, 0.15) is 11.1 Å². The van der Waals surface area contributed by atoms with Gasteiger partial charge in [0.25, 0.3) is 0 Å². The number of nitrogens with one attached hydrogen (secondary N) is 2. The molecule has 2 aliphatic rings. The molecule has 2 aliphatic heterocycles. The van der Waals surface area contributed by atoms with Crippen LogP contribution in [-0.4, -0.2) is 39.9 Å². The summed E-state index contributed by atoms with van der Waals surface area (Å²) in [5.41, 5.74) is 6.87. The molecule has 0 atom stereocenters. The van der Waals surface area contributed by atoms with E-state index in [4.69, 9.17) is 41.5 Å². The number of halogens is 1. The molecule has 0 aliphatic carbocycles. The zero-order valence-electron chi connectivity index (χ0n) is 22.8. The van der Waals surface area contributed by atoms with Gasteiger partial charge in [-0.05, 0) is 11.6 Å². The predicted octanol–water partition coefficient (Wildman–Crippen LogP) is 7.48. The van der Waals surface area contributed by atoms with E-state index < -0.39 is 0 Å². The van der Waals surface area contributed by atoms with Gasteiger partial charge >= 0.3 is 0 Å². The van der Waals surface area contributed by atoms with Crippen molar-refractivity contribution in [3.05, 3.63) is 96.1 Å². The molecule has 4 aromatic carbocycles. The first kappa shape index (κ1) is 24.6. The Balaban J connectivity index is 1.54. The Morgan fingerprint density at radius 2 is 0.955 bits per heavy atom. The highest BCUT2D eigenvalue weighted by Crippen LogP contribution is 2.37. The van der Waals surface area contributed by atoms with Gasteiger partial charge in [-0.1, -0.05) is 78.9 Å². The molecular weight excluding hydrogens is 570 g/mol. The molecule has 0 saturated heterocycles. The number of nitriles is 1. The van der Waals surface area contributed by atoms with Crippen LogP contribution in [0.25, 0.3) is 89.7 Å². The van der Waals surface area contributed by atoms with Gasteiger partial charge in [-0.15, -0.1) is 11.6 Å². The number of aromatic nitrogens is 8. The van der Waals surface area contributed by atoms with Crippen molar-refractivity contribution >= 4 is 55.7 Å². The quantitative estimate of drug-likeness (QED) is 0.190. The lowest BCUT2D eigenvalue weighted by atomic mass is 10.0. The minimum Gasteiger partial charge on any atom is -0.324 e. The lowest BCUT2D eigenvalue weighted by molar-refractivity contribution is 1.19. The Hall–Kier alpha value is -5.98. The predicted molar refractivity (Wildman–Crippen MR) is 170 cm³/mol. The van der Waals surface area contributed by atoms with E-state index in [1.165, 1.54) is 0 Å². The Morgan fingerprint density at radius 1 is 0.523 bits per heavy atom. The lowest BCUT2D eigenvalue weighted by Crippen LogP contribution is -1.86. The number of benzene rings is 4. The molecule has 206 valence electrons. The molecule has 0 fully saturated rings. The van der Waals surface area contributed by atoms with Crippen molar-refractivity contribution in [2.75, 3.05) is 0 Å². The normalized spacial score (nSPS) is 11.8. The minimum absolute atomic E-state index is 0.223. The van der Waals surface area contributed by atoms with Crippen molar-refractivity contribution in [3.8, 4) is 51.6 Å². The van der Waals surface area contributed by atoms with Gasteiger partial charge in [0.15, 0.2) is 23.3 Å². The van der Waals surface area contributed by atoms with Gasteiger partial charge in [-0.2, -0.15) is 5.26 Å². The molecule has 0 radical (unpaired) electrons. The molecule has 0 spiro atoms. The Labute approximate surface area is 254 Å². The zero-order chi connectivity index (χ0) is 29.4. The average Bonchev–Trinajstić information content (AvgIpc) is 3.80. The first-order chi connectivity index (χ1) is 21.7. The molecule has 9 rings (SSSR count). The van der Waals surface area contributed by atoms with Crippen molar-refractivity contribution in [2.24, 2.45) is 0 Å². The van der Waals surface area contributed by atoms with E-state index >= 15 is 0 Å². The van der Waals surface area contributed by atoms with E-state index in [-0.39, 0.29) is 5.88 Å². The van der Waals surface area contributed by atoms with E-state index in [1.807, 2.05) is 78.9 Å². The third kappa shape index (κ3) is 3.52. The van der Waals surface area contributed by atoms with Crippen LogP contribution in [0.4, 0.5) is 0 Å². The number of fused-ring (bicyclic) bond motifs is 20. The zero-order valence-corrected chi connectivity index (χ0v) is 23.6. The molecule has 0 saturated carbocycles. The van der Waals surface area contributed by atoms with Crippen molar-refractivity contribution in [1.82, 2.24) is 39.9 Å². The first-order valence-electron chi connectivity index (χ1n) is 13.9. The van der Waals surface area contributed by atoms with Gasteiger partial charge in [-0.3, -0.25) is 0 Å². The monoisotopic (exact) mass is 587 g/mol. The summed E-state index contributed by atoms with van der Waals surface area (Å²) in [6, 6.07) is 29.6. The molecule has 10 heteroatoms. The highest BCUT2D eigenvalue weighted by atomic mass is 35.5. The van der Waals surface area contributed by atoms with E-state index in [2.05, 4.69) is 16.0 Å². The van der Waals surface area contributed by atoms with Gasteiger partial charge in [0.1, 0.15) is 22.6 Å². The number of aromatic amines is 2. The van der Waals surface area contributed by atoms with Crippen LogP contribution >= 0.6 is 11.6 Å². The molecule has 0 unspecified atom stereocenters. The molecule has 5 heterocycles. The molecule has 44 heavy (non-hydrogen) atoms. The van der Waals surface area contributed by atoms with Gasteiger partial charge in [0.05, 0.1) is 11.6 Å². The number of alkyl halides is 1. The molecule has 2 N–H and O–H groups in total. The van der Waals surface area contributed by atoms with Crippen molar-refractivity contribution < 1.29 is 0 Å². The Morgan fingerprint density at radius 3 is 1.43 bits per heavy atom. The summed E-state index contributed by atoms with van der Waals surface area (Å²) >= 11 is 6.43. The maximum Gasteiger partial charge on any atom is 0.164 e. The highest BCUT2D eigenvalue weighted by Gasteiger charge is 2.23. The highest BCUT2D eigenvalue weighted by molar-refractivity contribution is 6.20. The average molecular weight is 588 g/mol. The van der Waals surface area contributed by atoms with Gasteiger partial charge < -0.3 is 9.97 Å². The van der Waals surface area contributed by atoms with Crippen LogP contribution < -0.4 is 0 Å². The van der Waals surface area contributed by atoms with E-state index in [0.29, 0.717) is 62.2 Å². The van der Waals surface area contributed by atoms with Crippen molar-refractivity contribution in [1.29, 1.82) is 5.26 Å². The Bertz CT molecular complexity index is 2580. The maximum absolute atomic E-state index is 10.1. The smallest absolute Gasteiger partial charge is 0.164 e. The summed E-state index contributed by atoms with van der Waals surface area (Å²) in [4.78, 5) is 36.7. The number of hydrogen-bond acceptors (Lipinski definition) is 7. The summed E-state index contributed by atoms with van der Waals surface area (Å²) in [7, 11) is 0.